The Kier molecular flexibility index (Phi) is 6.67. The van der Waals surface area contributed by atoms with Crippen LogP contribution >= 0.6 is 0 Å². The van der Waals surface area contributed by atoms with E-state index < -0.39 is 0 Å². The second kappa shape index (κ2) is 8.09. The molecule has 1 rings (SSSR count). The van der Waals surface area contributed by atoms with Gasteiger partial charge in [0.15, 0.2) is 0 Å². The fourth-order valence-corrected chi connectivity index (χ4v) is 1.48. The SMILES string of the molecule is CCOCCNCc1ccc(OC(C)C)cc1. The van der Waals surface area contributed by atoms with Crippen molar-refractivity contribution in [2.75, 3.05) is 19.8 Å². The molecule has 0 spiro atoms. The Balaban J connectivity index is 2.25. The zero-order valence-electron chi connectivity index (χ0n) is 11.0. The van der Waals surface area contributed by atoms with Crippen LogP contribution in [0.25, 0.3) is 0 Å². The van der Waals surface area contributed by atoms with E-state index in [0.717, 1.165) is 32.1 Å². The van der Waals surface area contributed by atoms with Crippen LogP contribution in [0.3, 0.4) is 0 Å². The molecule has 0 aromatic heterocycles. The zero-order valence-corrected chi connectivity index (χ0v) is 11.0. The minimum Gasteiger partial charge on any atom is -0.491 e. The number of ether oxygens (including phenoxy) is 2. The molecule has 1 aromatic carbocycles. The highest BCUT2D eigenvalue weighted by atomic mass is 16.5. The van der Waals surface area contributed by atoms with Gasteiger partial charge in [0.1, 0.15) is 5.75 Å². The molecule has 0 heterocycles. The minimum absolute atomic E-state index is 0.227. The van der Waals surface area contributed by atoms with Crippen LogP contribution in [0.4, 0.5) is 0 Å². The molecule has 0 unspecified atom stereocenters. The maximum atomic E-state index is 5.59. The quantitative estimate of drug-likeness (QED) is 0.705. The highest BCUT2D eigenvalue weighted by Gasteiger charge is 1.97. The minimum atomic E-state index is 0.227. The topological polar surface area (TPSA) is 30.5 Å². The van der Waals surface area contributed by atoms with E-state index in [9.17, 15) is 0 Å². The molecule has 3 nitrogen and oxygen atoms in total. The van der Waals surface area contributed by atoms with Crippen molar-refractivity contribution in [3.05, 3.63) is 29.8 Å². The predicted octanol–water partition coefficient (Wildman–Crippen LogP) is 2.60. The van der Waals surface area contributed by atoms with E-state index in [-0.39, 0.29) is 6.10 Å². The third-order valence-corrected chi connectivity index (χ3v) is 2.25. The van der Waals surface area contributed by atoms with Crippen molar-refractivity contribution in [3.8, 4) is 5.75 Å². The first-order valence-electron chi connectivity index (χ1n) is 6.26. The van der Waals surface area contributed by atoms with Gasteiger partial charge in [-0.05, 0) is 38.5 Å². The molecule has 0 radical (unpaired) electrons. The van der Waals surface area contributed by atoms with Crippen molar-refractivity contribution in [1.82, 2.24) is 5.32 Å². The number of benzene rings is 1. The first kappa shape index (κ1) is 14.0. The smallest absolute Gasteiger partial charge is 0.119 e. The summed E-state index contributed by atoms with van der Waals surface area (Å²) in [5.41, 5.74) is 1.26. The Morgan fingerprint density at radius 1 is 1.18 bits per heavy atom. The van der Waals surface area contributed by atoms with Gasteiger partial charge in [0, 0.05) is 19.7 Å². The third kappa shape index (κ3) is 6.29. The van der Waals surface area contributed by atoms with Crippen LogP contribution in [-0.4, -0.2) is 25.9 Å². The van der Waals surface area contributed by atoms with Gasteiger partial charge in [-0.25, -0.2) is 0 Å². The van der Waals surface area contributed by atoms with Gasteiger partial charge in [-0.1, -0.05) is 12.1 Å². The molecule has 0 atom stereocenters. The highest BCUT2D eigenvalue weighted by molar-refractivity contribution is 5.27. The molecule has 17 heavy (non-hydrogen) atoms. The van der Waals surface area contributed by atoms with Crippen LogP contribution in [0.5, 0.6) is 5.75 Å². The fraction of sp³-hybridized carbons (Fsp3) is 0.571. The first-order valence-corrected chi connectivity index (χ1v) is 6.26. The molecule has 1 aromatic rings. The number of hydrogen-bond acceptors (Lipinski definition) is 3. The van der Waals surface area contributed by atoms with Crippen LogP contribution in [0, 0.1) is 0 Å². The maximum absolute atomic E-state index is 5.59. The summed E-state index contributed by atoms with van der Waals surface area (Å²) < 4.78 is 10.8. The molecule has 0 aliphatic rings. The molecule has 0 amide bonds. The average molecular weight is 237 g/mol. The van der Waals surface area contributed by atoms with E-state index in [0.29, 0.717) is 0 Å². The van der Waals surface area contributed by atoms with Gasteiger partial charge < -0.3 is 14.8 Å². The monoisotopic (exact) mass is 237 g/mol. The molecule has 96 valence electrons. The summed E-state index contributed by atoms with van der Waals surface area (Å²) in [5, 5.41) is 3.33. The molecular weight excluding hydrogens is 214 g/mol. The van der Waals surface area contributed by atoms with Crippen molar-refractivity contribution < 1.29 is 9.47 Å². The van der Waals surface area contributed by atoms with E-state index in [4.69, 9.17) is 9.47 Å². The standard InChI is InChI=1S/C14H23NO2/c1-4-16-10-9-15-11-13-5-7-14(8-6-13)17-12(2)3/h5-8,12,15H,4,9-11H2,1-3H3. The third-order valence-electron chi connectivity index (χ3n) is 2.25. The Hall–Kier alpha value is -1.06. The second-order valence-corrected chi connectivity index (χ2v) is 4.18. The van der Waals surface area contributed by atoms with E-state index in [1.165, 1.54) is 5.56 Å². The van der Waals surface area contributed by atoms with E-state index >= 15 is 0 Å². The summed E-state index contributed by atoms with van der Waals surface area (Å²) >= 11 is 0. The van der Waals surface area contributed by atoms with Gasteiger partial charge in [0.25, 0.3) is 0 Å². The molecule has 0 aliphatic carbocycles. The zero-order chi connectivity index (χ0) is 12.5. The lowest BCUT2D eigenvalue weighted by Crippen LogP contribution is -2.19. The molecule has 0 saturated heterocycles. The lowest BCUT2D eigenvalue weighted by molar-refractivity contribution is 0.149. The van der Waals surface area contributed by atoms with Crippen LogP contribution in [0.2, 0.25) is 0 Å². The van der Waals surface area contributed by atoms with Crippen molar-refractivity contribution in [1.29, 1.82) is 0 Å². The van der Waals surface area contributed by atoms with Crippen molar-refractivity contribution >= 4 is 0 Å². The van der Waals surface area contributed by atoms with Crippen molar-refractivity contribution in [2.24, 2.45) is 0 Å². The molecule has 0 aliphatic heterocycles. The summed E-state index contributed by atoms with van der Waals surface area (Å²) in [6.07, 6.45) is 0.227. The number of hydrogen-bond donors (Lipinski definition) is 1. The Morgan fingerprint density at radius 3 is 2.47 bits per heavy atom. The Labute approximate surface area is 104 Å². The van der Waals surface area contributed by atoms with Gasteiger partial charge >= 0.3 is 0 Å². The van der Waals surface area contributed by atoms with Gasteiger partial charge in [-0.3, -0.25) is 0 Å². The van der Waals surface area contributed by atoms with Crippen LogP contribution in [0.15, 0.2) is 24.3 Å². The van der Waals surface area contributed by atoms with E-state index in [1.807, 2.05) is 32.9 Å². The summed E-state index contributed by atoms with van der Waals surface area (Å²) in [6.45, 7) is 9.38. The molecule has 0 bridgehead atoms. The second-order valence-electron chi connectivity index (χ2n) is 4.18. The summed E-state index contributed by atoms with van der Waals surface area (Å²) in [7, 11) is 0. The van der Waals surface area contributed by atoms with Crippen molar-refractivity contribution in [3.63, 3.8) is 0 Å². The van der Waals surface area contributed by atoms with Gasteiger partial charge in [0.05, 0.1) is 12.7 Å². The molecule has 0 saturated carbocycles. The summed E-state index contributed by atoms with van der Waals surface area (Å²) in [4.78, 5) is 0. The molecule has 0 fully saturated rings. The van der Waals surface area contributed by atoms with Crippen molar-refractivity contribution in [2.45, 2.75) is 33.4 Å². The largest absolute Gasteiger partial charge is 0.491 e. The van der Waals surface area contributed by atoms with Crippen LogP contribution in [0.1, 0.15) is 26.3 Å². The molecular formula is C14H23NO2. The summed E-state index contributed by atoms with van der Waals surface area (Å²) in [6, 6.07) is 8.20. The van der Waals surface area contributed by atoms with E-state index in [1.54, 1.807) is 0 Å². The number of nitrogens with one attached hydrogen (secondary N) is 1. The van der Waals surface area contributed by atoms with Crippen LogP contribution in [-0.2, 0) is 11.3 Å². The Bertz CT molecular complexity index is 296. The van der Waals surface area contributed by atoms with Gasteiger partial charge in [-0.2, -0.15) is 0 Å². The highest BCUT2D eigenvalue weighted by Crippen LogP contribution is 2.13. The molecule has 1 N–H and O–H groups in total. The molecule has 3 heteroatoms. The first-order chi connectivity index (χ1) is 8.22. The average Bonchev–Trinajstić information content (AvgIpc) is 2.30. The van der Waals surface area contributed by atoms with Gasteiger partial charge in [0.2, 0.25) is 0 Å². The maximum Gasteiger partial charge on any atom is 0.119 e. The van der Waals surface area contributed by atoms with Crippen LogP contribution < -0.4 is 10.1 Å². The lowest BCUT2D eigenvalue weighted by Gasteiger charge is -2.10. The van der Waals surface area contributed by atoms with E-state index in [2.05, 4.69) is 17.4 Å². The normalized spacial score (nSPS) is 10.8. The fourth-order valence-electron chi connectivity index (χ4n) is 1.48. The summed E-state index contributed by atoms with van der Waals surface area (Å²) in [5.74, 6) is 0.929. The Morgan fingerprint density at radius 2 is 1.88 bits per heavy atom. The van der Waals surface area contributed by atoms with Gasteiger partial charge in [-0.15, -0.1) is 0 Å². The lowest BCUT2D eigenvalue weighted by atomic mass is 10.2. The number of rotatable bonds is 8. The predicted molar refractivity (Wildman–Crippen MR) is 70.4 cm³/mol.